The number of aromatic nitrogens is 4. The number of benzene rings is 1. The molecule has 0 aliphatic heterocycles. The average molecular weight is 414 g/mol. The first-order valence-electron chi connectivity index (χ1n) is 9.12. The Hall–Kier alpha value is -2.94. The van der Waals surface area contributed by atoms with Gasteiger partial charge in [0, 0.05) is 19.7 Å². The number of ether oxygens (including phenoxy) is 1. The first-order chi connectivity index (χ1) is 13.7. The molecule has 29 heavy (non-hydrogen) atoms. The Kier molecular flexibility index (Phi) is 5.88. The fraction of sp³-hybridized carbons (Fsp3) is 0.350. The third-order valence-corrected chi connectivity index (χ3v) is 5.55. The van der Waals surface area contributed by atoms with Gasteiger partial charge in [0.25, 0.3) is 5.56 Å². The highest BCUT2D eigenvalue weighted by molar-refractivity contribution is 8.00. The van der Waals surface area contributed by atoms with E-state index in [-0.39, 0.29) is 17.6 Å². The van der Waals surface area contributed by atoms with Gasteiger partial charge in [-0.15, -0.1) is 0 Å². The largest absolute Gasteiger partial charge is 0.465 e. The molecule has 1 aromatic carbocycles. The molecule has 8 nitrogen and oxygen atoms in total. The predicted molar refractivity (Wildman–Crippen MR) is 112 cm³/mol. The summed E-state index contributed by atoms with van der Waals surface area (Å²) in [5.74, 6) is -0.0258. The lowest BCUT2D eigenvalue weighted by atomic mass is 10.1. The van der Waals surface area contributed by atoms with Crippen LogP contribution in [0, 0.1) is 6.92 Å². The lowest BCUT2D eigenvalue weighted by Gasteiger charge is -2.14. The molecule has 0 amide bonds. The van der Waals surface area contributed by atoms with Gasteiger partial charge < -0.3 is 4.74 Å². The zero-order chi connectivity index (χ0) is 21.3. The van der Waals surface area contributed by atoms with E-state index >= 15 is 0 Å². The van der Waals surface area contributed by atoms with Gasteiger partial charge in [0.1, 0.15) is 15.7 Å². The number of rotatable bonds is 5. The summed E-state index contributed by atoms with van der Waals surface area (Å²) in [6.07, 6.45) is 0. The van der Waals surface area contributed by atoms with Gasteiger partial charge in [-0.1, -0.05) is 41.6 Å². The van der Waals surface area contributed by atoms with Crippen LogP contribution in [0.2, 0.25) is 0 Å². The Morgan fingerprint density at radius 2 is 1.79 bits per heavy atom. The summed E-state index contributed by atoms with van der Waals surface area (Å²) in [7, 11) is 2.96. The number of aryl methyl sites for hydroxylation is 2. The van der Waals surface area contributed by atoms with E-state index in [1.165, 1.54) is 11.6 Å². The molecule has 1 atom stereocenters. The van der Waals surface area contributed by atoms with Gasteiger partial charge in [0.05, 0.1) is 6.61 Å². The van der Waals surface area contributed by atoms with E-state index in [0.717, 1.165) is 27.5 Å². The Bertz CT molecular complexity index is 1200. The summed E-state index contributed by atoms with van der Waals surface area (Å²) in [5, 5.41) is -0.0465. The van der Waals surface area contributed by atoms with E-state index in [4.69, 9.17) is 4.74 Å². The fourth-order valence-electron chi connectivity index (χ4n) is 2.82. The lowest BCUT2D eigenvalue weighted by Crippen LogP contribution is -2.37. The number of hydrogen-bond donors (Lipinski definition) is 0. The molecule has 0 radical (unpaired) electrons. The van der Waals surface area contributed by atoms with Gasteiger partial charge in [0.2, 0.25) is 0 Å². The van der Waals surface area contributed by atoms with Crippen LogP contribution in [0.15, 0.2) is 38.9 Å². The van der Waals surface area contributed by atoms with Crippen molar-refractivity contribution in [1.82, 2.24) is 19.1 Å². The number of carbonyl (C=O) groups is 1. The summed E-state index contributed by atoms with van der Waals surface area (Å²) >= 11 is 1.12. The first-order valence-corrected chi connectivity index (χ1v) is 10.0. The van der Waals surface area contributed by atoms with Crippen LogP contribution in [0.25, 0.3) is 22.4 Å². The smallest absolute Gasteiger partial charge is 0.332 e. The van der Waals surface area contributed by atoms with E-state index in [1.54, 1.807) is 20.9 Å². The Morgan fingerprint density at radius 3 is 2.41 bits per heavy atom. The quantitative estimate of drug-likeness (QED) is 0.358. The van der Waals surface area contributed by atoms with Gasteiger partial charge >= 0.3 is 11.7 Å². The molecule has 2 aromatic heterocycles. The summed E-state index contributed by atoms with van der Waals surface area (Å²) in [5.41, 5.74) is 1.07. The maximum Gasteiger partial charge on any atom is 0.332 e. The van der Waals surface area contributed by atoms with Crippen molar-refractivity contribution in [2.75, 3.05) is 6.61 Å². The molecular formula is C20H22N4O4S. The highest BCUT2D eigenvalue weighted by Crippen LogP contribution is 2.29. The summed E-state index contributed by atoms with van der Waals surface area (Å²) in [6, 6.07) is 7.61. The van der Waals surface area contributed by atoms with Crippen LogP contribution < -0.4 is 11.2 Å². The van der Waals surface area contributed by atoms with Crippen molar-refractivity contribution in [1.29, 1.82) is 0 Å². The van der Waals surface area contributed by atoms with E-state index in [0.29, 0.717) is 10.9 Å². The van der Waals surface area contributed by atoms with Gasteiger partial charge in [-0.25, -0.2) is 14.8 Å². The van der Waals surface area contributed by atoms with Gasteiger partial charge in [-0.2, -0.15) is 0 Å². The van der Waals surface area contributed by atoms with Crippen molar-refractivity contribution in [3.8, 4) is 11.4 Å². The molecule has 9 heteroatoms. The van der Waals surface area contributed by atoms with E-state index < -0.39 is 22.5 Å². The minimum atomic E-state index is -0.583. The topological polar surface area (TPSA) is 96.1 Å². The summed E-state index contributed by atoms with van der Waals surface area (Å²) < 4.78 is 7.40. The van der Waals surface area contributed by atoms with Crippen molar-refractivity contribution in [2.45, 2.75) is 31.0 Å². The van der Waals surface area contributed by atoms with Crippen LogP contribution in [0.3, 0.4) is 0 Å². The Morgan fingerprint density at radius 1 is 1.14 bits per heavy atom. The second kappa shape index (κ2) is 8.20. The van der Waals surface area contributed by atoms with Crippen molar-refractivity contribution in [2.24, 2.45) is 14.1 Å². The molecule has 0 saturated carbocycles. The molecule has 0 saturated heterocycles. The number of nitrogens with zero attached hydrogens (tertiary/aromatic N) is 4. The van der Waals surface area contributed by atoms with Crippen molar-refractivity contribution < 1.29 is 9.53 Å². The van der Waals surface area contributed by atoms with Gasteiger partial charge in [-0.05, 0) is 20.8 Å². The summed E-state index contributed by atoms with van der Waals surface area (Å²) in [6.45, 7) is 5.66. The van der Waals surface area contributed by atoms with Crippen molar-refractivity contribution in [3.63, 3.8) is 0 Å². The second-order valence-electron chi connectivity index (χ2n) is 6.63. The third-order valence-electron chi connectivity index (χ3n) is 4.48. The molecule has 3 rings (SSSR count). The minimum Gasteiger partial charge on any atom is -0.465 e. The molecule has 0 fully saturated rings. The van der Waals surface area contributed by atoms with Crippen LogP contribution in [0.4, 0.5) is 0 Å². The number of esters is 1. The van der Waals surface area contributed by atoms with Crippen molar-refractivity contribution >= 4 is 28.8 Å². The van der Waals surface area contributed by atoms with Crippen LogP contribution in [-0.2, 0) is 23.6 Å². The van der Waals surface area contributed by atoms with Crippen LogP contribution in [0.5, 0.6) is 0 Å². The van der Waals surface area contributed by atoms with Crippen molar-refractivity contribution in [3.05, 3.63) is 50.7 Å². The maximum atomic E-state index is 12.8. The number of carbonyl (C=O) groups excluding carboxylic acids is 1. The van der Waals surface area contributed by atoms with E-state index in [9.17, 15) is 14.4 Å². The van der Waals surface area contributed by atoms with E-state index in [1.807, 2.05) is 31.2 Å². The molecule has 2 heterocycles. The zero-order valence-corrected chi connectivity index (χ0v) is 17.7. The fourth-order valence-corrected chi connectivity index (χ4v) is 3.76. The minimum absolute atomic E-state index is 0.201. The Balaban J connectivity index is 2.28. The molecular weight excluding hydrogens is 392 g/mol. The molecule has 3 aromatic rings. The maximum absolute atomic E-state index is 12.8. The normalized spacial score (nSPS) is 12.2. The molecule has 0 unspecified atom stereocenters. The molecule has 0 bridgehead atoms. The highest BCUT2D eigenvalue weighted by atomic mass is 32.2. The van der Waals surface area contributed by atoms with E-state index in [2.05, 4.69) is 9.97 Å². The number of thioether (sulfide) groups is 1. The van der Waals surface area contributed by atoms with Gasteiger partial charge in [0.15, 0.2) is 11.5 Å². The number of fused-ring (bicyclic) bond motifs is 1. The zero-order valence-electron chi connectivity index (χ0n) is 16.9. The van der Waals surface area contributed by atoms with Crippen LogP contribution in [-0.4, -0.2) is 36.9 Å². The predicted octanol–water partition coefficient (Wildman–Crippen LogP) is 2.05. The molecule has 0 aliphatic rings. The van der Waals surface area contributed by atoms with Gasteiger partial charge in [-0.3, -0.25) is 18.7 Å². The number of hydrogen-bond acceptors (Lipinski definition) is 7. The SMILES string of the molecule is CCOC(=O)[C@@H](C)Sc1nc(-c2ccc(C)cc2)nc2c1c(=O)n(C)c(=O)n2C. The third kappa shape index (κ3) is 3.95. The molecule has 0 aliphatic carbocycles. The molecule has 0 spiro atoms. The molecule has 0 N–H and O–H groups in total. The monoisotopic (exact) mass is 414 g/mol. The highest BCUT2D eigenvalue weighted by Gasteiger charge is 2.23. The first kappa shape index (κ1) is 20.8. The summed E-state index contributed by atoms with van der Waals surface area (Å²) in [4.78, 5) is 46.4. The molecule has 152 valence electrons. The van der Waals surface area contributed by atoms with Crippen LogP contribution in [0.1, 0.15) is 19.4 Å². The Labute approximate surface area is 171 Å². The standard InChI is InChI=1S/C20H22N4O4S/c1-6-28-19(26)12(3)29-17-14-16(23(4)20(27)24(5)18(14)25)21-15(22-17)13-9-7-11(2)8-10-13/h7-10,12H,6H2,1-5H3/t12-/m1/s1. The van der Waals surface area contributed by atoms with Crippen LogP contribution >= 0.6 is 11.8 Å². The lowest BCUT2D eigenvalue weighted by molar-refractivity contribution is -0.142. The second-order valence-corrected chi connectivity index (χ2v) is 7.96. The average Bonchev–Trinajstić information content (AvgIpc) is 2.70.